The fourth-order valence-corrected chi connectivity index (χ4v) is 2.29. The maximum Gasteiger partial charge on any atom is 0.146 e. The zero-order chi connectivity index (χ0) is 13.8. The highest BCUT2D eigenvalue weighted by Gasteiger charge is 2.18. The van der Waals surface area contributed by atoms with Crippen LogP contribution in [0.15, 0.2) is 30.5 Å². The minimum atomic E-state index is -0.356. The van der Waals surface area contributed by atoms with E-state index < -0.39 is 0 Å². The summed E-state index contributed by atoms with van der Waals surface area (Å²) in [4.78, 5) is 0. The zero-order valence-electron chi connectivity index (χ0n) is 11.0. The SMILES string of the molecule is CCNC(Cc1ccn(C)n1)c1cccc(Cl)c1F. The van der Waals surface area contributed by atoms with Crippen LogP contribution in [0.5, 0.6) is 0 Å². The summed E-state index contributed by atoms with van der Waals surface area (Å²) >= 11 is 5.84. The van der Waals surface area contributed by atoms with Crippen LogP contribution < -0.4 is 5.32 Å². The van der Waals surface area contributed by atoms with Crippen molar-refractivity contribution in [3.63, 3.8) is 0 Å². The van der Waals surface area contributed by atoms with Gasteiger partial charge in [0.2, 0.25) is 0 Å². The average Bonchev–Trinajstić information content (AvgIpc) is 2.78. The van der Waals surface area contributed by atoms with Gasteiger partial charge in [0.1, 0.15) is 5.82 Å². The number of aryl methyl sites for hydroxylation is 1. The van der Waals surface area contributed by atoms with Crippen LogP contribution in [0.25, 0.3) is 0 Å². The maximum atomic E-state index is 14.1. The third-order valence-corrected chi connectivity index (χ3v) is 3.28. The summed E-state index contributed by atoms with van der Waals surface area (Å²) in [6, 6.07) is 6.90. The van der Waals surface area contributed by atoms with E-state index in [1.165, 1.54) is 0 Å². The summed E-state index contributed by atoms with van der Waals surface area (Å²) in [6.45, 7) is 2.75. The van der Waals surface area contributed by atoms with Gasteiger partial charge in [-0.2, -0.15) is 5.10 Å². The Labute approximate surface area is 117 Å². The van der Waals surface area contributed by atoms with Crippen LogP contribution >= 0.6 is 11.6 Å². The number of benzene rings is 1. The van der Waals surface area contributed by atoms with Gasteiger partial charge in [0.25, 0.3) is 0 Å². The number of halogens is 2. The summed E-state index contributed by atoms with van der Waals surface area (Å²) in [5, 5.41) is 7.76. The molecule has 0 bridgehead atoms. The first-order valence-electron chi connectivity index (χ1n) is 6.27. The lowest BCUT2D eigenvalue weighted by atomic mass is 10.0. The van der Waals surface area contributed by atoms with Crippen LogP contribution in [0.2, 0.25) is 5.02 Å². The normalized spacial score (nSPS) is 12.6. The molecule has 1 heterocycles. The lowest BCUT2D eigenvalue weighted by Crippen LogP contribution is -2.24. The third-order valence-electron chi connectivity index (χ3n) is 2.99. The molecule has 0 spiro atoms. The number of nitrogens with zero attached hydrogens (tertiary/aromatic N) is 2. The molecular weight excluding hydrogens is 265 g/mol. The first kappa shape index (κ1) is 14.0. The molecule has 3 nitrogen and oxygen atoms in total. The Hall–Kier alpha value is -1.39. The van der Waals surface area contributed by atoms with Crippen molar-refractivity contribution in [3.05, 3.63) is 52.6 Å². The van der Waals surface area contributed by atoms with E-state index in [2.05, 4.69) is 10.4 Å². The number of likely N-dealkylation sites (N-methyl/N-ethyl adjacent to an activating group) is 1. The summed E-state index contributed by atoms with van der Waals surface area (Å²) in [5.74, 6) is -0.356. The summed E-state index contributed by atoms with van der Waals surface area (Å²) in [6.07, 6.45) is 2.51. The van der Waals surface area contributed by atoms with Crippen molar-refractivity contribution in [1.29, 1.82) is 0 Å². The first-order valence-corrected chi connectivity index (χ1v) is 6.65. The van der Waals surface area contributed by atoms with Crippen LogP contribution in [-0.2, 0) is 13.5 Å². The van der Waals surface area contributed by atoms with Gasteiger partial charge in [-0.1, -0.05) is 30.7 Å². The Balaban J connectivity index is 2.26. The molecule has 1 unspecified atom stereocenters. The summed E-state index contributed by atoms with van der Waals surface area (Å²) in [5.41, 5.74) is 1.51. The van der Waals surface area contributed by atoms with Gasteiger partial charge in [-0.15, -0.1) is 0 Å². The molecule has 1 aromatic heterocycles. The van der Waals surface area contributed by atoms with Gasteiger partial charge in [0.15, 0.2) is 0 Å². The molecule has 2 aromatic rings. The second-order valence-corrected chi connectivity index (χ2v) is 4.85. The highest BCUT2D eigenvalue weighted by molar-refractivity contribution is 6.30. The molecule has 0 amide bonds. The van der Waals surface area contributed by atoms with Crippen molar-refractivity contribution in [2.75, 3.05) is 6.54 Å². The quantitative estimate of drug-likeness (QED) is 0.913. The van der Waals surface area contributed by atoms with Crippen LogP contribution in [0.1, 0.15) is 24.2 Å². The van der Waals surface area contributed by atoms with E-state index in [0.29, 0.717) is 12.0 Å². The zero-order valence-corrected chi connectivity index (χ0v) is 11.8. The van der Waals surface area contributed by atoms with E-state index >= 15 is 0 Å². The van der Waals surface area contributed by atoms with Crippen molar-refractivity contribution >= 4 is 11.6 Å². The van der Waals surface area contributed by atoms with Crippen molar-refractivity contribution in [2.24, 2.45) is 7.05 Å². The topological polar surface area (TPSA) is 29.9 Å². The molecule has 0 saturated carbocycles. The number of nitrogens with one attached hydrogen (secondary N) is 1. The van der Waals surface area contributed by atoms with Gasteiger partial charge < -0.3 is 5.32 Å². The van der Waals surface area contributed by atoms with Crippen molar-refractivity contribution < 1.29 is 4.39 Å². The van der Waals surface area contributed by atoms with Crippen molar-refractivity contribution in [3.8, 4) is 0 Å². The highest BCUT2D eigenvalue weighted by Crippen LogP contribution is 2.25. The minimum absolute atomic E-state index is 0.126. The molecule has 0 aliphatic rings. The van der Waals surface area contributed by atoms with Gasteiger partial charge >= 0.3 is 0 Å². The monoisotopic (exact) mass is 281 g/mol. The maximum absolute atomic E-state index is 14.1. The third kappa shape index (κ3) is 3.33. The van der Waals surface area contributed by atoms with E-state index in [4.69, 9.17) is 11.6 Å². The Morgan fingerprint density at radius 3 is 2.84 bits per heavy atom. The molecule has 0 fully saturated rings. The predicted octanol–water partition coefficient (Wildman–Crippen LogP) is 3.11. The second kappa shape index (κ2) is 6.17. The predicted molar refractivity (Wildman–Crippen MR) is 74.7 cm³/mol. The Morgan fingerprint density at radius 2 is 2.21 bits per heavy atom. The number of rotatable bonds is 5. The molecule has 102 valence electrons. The van der Waals surface area contributed by atoms with E-state index in [1.807, 2.05) is 26.2 Å². The molecule has 0 saturated heterocycles. The van der Waals surface area contributed by atoms with Crippen LogP contribution in [0.4, 0.5) is 4.39 Å². The minimum Gasteiger partial charge on any atom is -0.310 e. The van der Waals surface area contributed by atoms with Gasteiger partial charge in [-0.05, 0) is 18.7 Å². The van der Waals surface area contributed by atoms with Gasteiger partial charge in [0.05, 0.1) is 10.7 Å². The Morgan fingerprint density at radius 1 is 1.42 bits per heavy atom. The van der Waals surface area contributed by atoms with Crippen molar-refractivity contribution in [2.45, 2.75) is 19.4 Å². The van der Waals surface area contributed by atoms with E-state index in [-0.39, 0.29) is 16.9 Å². The Bertz CT molecular complexity index is 553. The number of aromatic nitrogens is 2. The van der Waals surface area contributed by atoms with Gasteiger partial charge in [-0.3, -0.25) is 4.68 Å². The van der Waals surface area contributed by atoms with Gasteiger partial charge in [-0.25, -0.2) is 4.39 Å². The summed E-state index contributed by atoms with van der Waals surface area (Å²) < 4.78 is 15.8. The van der Waals surface area contributed by atoms with E-state index in [9.17, 15) is 4.39 Å². The molecule has 0 aliphatic heterocycles. The molecule has 19 heavy (non-hydrogen) atoms. The molecule has 1 aromatic carbocycles. The lowest BCUT2D eigenvalue weighted by molar-refractivity contribution is 0.504. The van der Waals surface area contributed by atoms with Gasteiger partial charge in [0, 0.05) is 31.3 Å². The molecular formula is C14H17ClFN3. The fourth-order valence-electron chi connectivity index (χ4n) is 2.11. The molecule has 1 atom stereocenters. The first-order chi connectivity index (χ1) is 9.11. The average molecular weight is 282 g/mol. The van der Waals surface area contributed by atoms with E-state index in [0.717, 1.165) is 12.2 Å². The fraction of sp³-hybridized carbons (Fsp3) is 0.357. The van der Waals surface area contributed by atoms with Crippen molar-refractivity contribution in [1.82, 2.24) is 15.1 Å². The number of hydrogen-bond acceptors (Lipinski definition) is 2. The van der Waals surface area contributed by atoms with Crippen LogP contribution in [-0.4, -0.2) is 16.3 Å². The second-order valence-electron chi connectivity index (χ2n) is 4.44. The largest absolute Gasteiger partial charge is 0.310 e. The molecule has 5 heteroatoms. The standard InChI is InChI=1S/C14H17ClFN3/c1-3-17-13(9-10-7-8-19(2)18-10)11-5-4-6-12(15)14(11)16/h4-8,13,17H,3,9H2,1-2H3. The highest BCUT2D eigenvalue weighted by atomic mass is 35.5. The lowest BCUT2D eigenvalue weighted by Gasteiger charge is -2.18. The smallest absolute Gasteiger partial charge is 0.146 e. The van der Waals surface area contributed by atoms with Crippen LogP contribution in [0, 0.1) is 5.82 Å². The summed E-state index contributed by atoms with van der Waals surface area (Å²) in [7, 11) is 1.87. The molecule has 1 N–H and O–H groups in total. The van der Waals surface area contributed by atoms with Crippen LogP contribution in [0.3, 0.4) is 0 Å². The Kier molecular flexibility index (Phi) is 4.56. The molecule has 0 radical (unpaired) electrons. The van der Waals surface area contributed by atoms with E-state index in [1.54, 1.807) is 22.9 Å². The number of hydrogen-bond donors (Lipinski definition) is 1. The molecule has 2 rings (SSSR count). The molecule has 0 aliphatic carbocycles.